The van der Waals surface area contributed by atoms with Crippen molar-refractivity contribution in [1.82, 2.24) is 0 Å². The van der Waals surface area contributed by atoms with E-state index in [-0.39, 0.29) is 22.4 Å². The van der Waals surface area contributed by atoms with E-state index in [1.807, 2.05) is 12.1 Å². The molecular weight excluding hydrogens is 351 g/mol. The zero-order valence-electron chi connectivity index (χ0n) is 13.6. The fourth-order valence-electron chi connectivity index (χ4n) is 2.33. The van der Waals surface area contributed by atoms with E-state index in [1.54, 1.807) is 25.3 Å². The molecule has 2 rings (SSSR count). The second-order valence-corrected chi connectivity index (χ2v) is 6.43. The maximum Gasteiger partial charge on any atom is 0.307 e. The molecule has 0 spiro atoms. The zero-order valence-corrected chi connectivity index (χ0v) is 15.1. The summed E-state index contributed by atoms with van der Waals surface area (Å²) in [6.45, 7) is 4.12. The molecule has 0 saturated carbocycles. The first-order valence-corrected chi connectivity index (χ1v) is 8.13. The van der Waals surface area contributed by atoms with Crippen LogP contribution >= 0.6 is 23.2 Å². The molecule has 1 N–H and O–H groups in total. The molecule has 0 saturated heterocycles. The summed E-state index contributed by atoms with van der Waals surface area (Å²) in [6, 6.07) is 8.56. The lowest BCUT2D eigenvalue weighted by atomic mass is 10.0. The van der Waals surface area contributed by atoms with Gasteiger partial charge >= 0.3 is 5.97 Å². The van der Waals surface area contributed by atoms with E-state index in [1.165, 1.54) is 0 Å². The van der Waals surface area contributed by atoms with Crippen LogP contribution in [0, 0.1) is 0 Å². The van der Waals surface area contributed by atoms with E-state index >= 15 is 0 Å². The molecular formula is C18H18Cl2O4. The Morgan fingerprint density at radius 1 is 1.17 bits per heavy atom. The molecule has 2 aromatic carbocycles. The van der Waals surface area contributed by atoms with Gasteiger partial charge in [-0.3, -0.25) is 4.79 Å². The number of methoxy groups -OCH3 is 1. The third kappa shape index (κ3) is 4.34. The Morgan fingerprint density at radius 3 is 2.29 bits per heavy atom. The summed E-state index contributed by atoms with van der Waals surface area (Å²) in [6.07, 6.45) is -0.153. The highest BCUT2D eigenvalue weighted by atomic mass is 35.5. The molecule has 0 aliphatic rings. The average Bonchev–Trinajstić information content (AvgIpc) is 2.50. The quantitative estimate of drug-likeness (QED) is 0.726. The topological polar surface area (TPSA) is 55.8 Å². The number of rotatable bonds is 6. The van der Waals surface area contributed by atoms with Crippen LogP contribution in [-0.2, 0) is 11.2 Å². The second-order valence-electron chi connectivity index (χ2n) is 5.62. The van der Waals surface area contributed by atoms with Crippen LogP contribution in [0.5, 0.6) is 17.2 Å². The minimum absolute atomic E-state index is 0.153. The molecule has 0 atom stereocenters. The predicted octanol–water partition coefficient (Wildman–Crippen LogP) is 5.54. The number of hydrogen-bond acceptors (Lipinski definition) is 3. The predicted molar refractivity (Wildman–Crippen MR) is 95.0 cm³/mol. The van der Waals surface area contributed by atoms with Gasteiger partial charge in [-0.15, -0.1) is 0 Å². The van der Waals surface area contributed by atoms with Gasteiger partial charge in [-0.2, -0.15) is 0 Å². The van der Waals surface area contributed by atoms with Crippen LogP contribution in [0.1, 0.15) is 30.9 Å². The summed E-state index contributed by atoms with van der Waals surface area (Å²) in [4.78, 5) is 10.8. The number of hydrogen-bond donors (Lipinski definition) is 1. The molecule has 0 aliphatic heterocycles. The Kier molecular flexibility index (Phi) is 5.97. The van der Waals surface area contributed by atoms with Crippen molar-refractivity contribution in [2.24, 2.45) is 0 Å². The monoisotopic (exact) mass is 368 g/mol. The van der Waals surface area contributed by atoms with Gasteiger partial charge in [0.05, 0.1) is 23.6 Å². The van der Waals surface area contributed by atoms with E-state index in [9.17, 15) is 4.79 Å². The summed E-state index contributed by atoms with van der Waals surface area (Å²) in [5.41, 5.74) is 1.52. The summed E-state index contributed by atoms with van der Waals surface area (Å²) >= 11 is 12.4. The number of carboxylic acids is 1. The van der Waals surface area contributed by atoms with Gasteiger partial charge in [0.15, 0.2) is 5.75 Å². The summed E-state index contributed by atoms with van der Waals surface area (Å²) in [7, 11) is 1.62. The molecule has 4 nitrogen and oxygen atoms in total. The van der Waals surface area contributed by atoms with Gasteiger partial charge in [-0.05, 0) is 41.8 Å². The van der Waals surface area contributed by atoms with Gasteiger partial charge < -0.3 is 14.6 Å². The van der Waals surface area contributed by atoms with Crippen molar-refractivity contribution in [2.45, 2.75) is 26.2 Å². The Morgan fingerprint density at radius 2 is 1.79 bits per heavy atom. The lowest BCUT2D eigenvalue weighted by molar-refractivity contribution is -0.136. The van der Waals surface area contributed by atoms with Gasteiger partial charge in [-0.25, -0.2) is 0 Å². The SMILES string of the molecule is COc1ccc(Oc2c(Cl)cc(CC(=O)O)cc2Cl)cc1C(C)C. The fourth-order valence-corrected chi connectivity index (χ4v) is 2.94. The first kappa shape index (κ1) is 18.4. The van der Waals surface area contributed by atoms with E-state index in [2.05, 4.69) is 13.8 Å². The third-order valence-corrected chi connectivity index (χ3v) is 4.02. The van der Waals surface area contributed by atoms with Gasteiger partial charge in [0, 0.05) is 5.56 Å². The lowest BCUT2D eigenvalue weighted by Crippen LogP contribution is -2.00. The maximum atomic E-state index is 10.8. The minimum atomic E-state index is -0.951. The Hall–Kier alpha value is -1.91. The van der Waals surface area contributed by atoms with Crippen LogP contribution in [0.3, 0.4) is 0 Å². The van der Waals surface area contributed by atoms with Crippen LogP contribution < -0.4 is 9.47 Å². The van der Waals surface area contributed by atoms with Crippen molar-refractivity contribution >= 4 is 29.2 Å². The zero-order chi connectivity index (χ0) is 17.9. The van der Waals surface area contributed by atoms with Crippen LogP contribution in [0.4, 0.5) is 0 Å². The highest BCUT2D eigenvalue weighted by Gasteiger charge is 2.14. The number of aliphatic carboxylic acids is 1. The first-order chi connectivity index (χ1) is 11.3. The van der Waals surface area contributed by atoms with Gasteiger partial charge in [0.25, 0.3) is 0 Å². The lowest BCUT2D eigenvalue weighted by Gasteiger charge is -2.15. The number of carboxylic acid groups (broad SMARTS) is 1. The third-order valence-electron chi connectivity index (χ3n) is 3.46. The standard InChI is InChI=1S/C18H18Cl2O4/c1-10(2)13-9-12(4-5-16(13)23-3)24-18-14(19)6-11(7-15(18)20)8-17(21)22/h4-7,9-10H,8H2,1-3H3,(H,21,22). The molecule has 0 heterocycles. The number of carbonyl (C=O) groups is 1. The smallest absolute Gasteiger partial charge is 0.307 e. The highest BCUT2D eigenvalue weighted by Crippen LogP contribution is 2.39. The summed E-state index contributed by atoms with van der Waals surface area (Å²) in [5.74, 6) is 0.966. The highest BCUT2D eigenvalue weighted by molar-refractivity contribution is 6.37. The molecule has 0 aromatic heterocycles. The molecule has 0 unspecified atom stereocenters. The number of ether oxygens (including phenoxy) is 2. The maximum absolute atomic E-state index is 10.8. The van der Waals surface area contributed by atoms with Crippen molar-refractivity contribution in [3.8, 4) is 17.2 Å². The van der Waals surface area contributed by atoms with Gasteiger partial charge in [0.2, 0.25) is 0 Å². The molecule has 128 valence electrons. The van der Waals surface area contributed by atoms with Gasteiger partial charge in [0.1, 0.15) is 11.5 Å². The van der Waals surface area contributed by atoms with Crippen LogP contribution in [-0.4, -0.2) is 18.2 Å². The molecule has 0 aliphatic carbocycles. The van der Waals surface area contributed by atoms with Crippen molar-refractivity contribution in [2.75, 3.05) is 7.11 Å². The Bertz CT molecular complexity index is 734. The number of benzene rings is 2. The van der Waals surface area contributed by atoms with Crippen LogP contribution in [0.2, 0.25) is 10.0 Å². The molecule has 0 fully saturated rings. The van der Waals surface area contributed by atoms with Crippen molar-refractivity contribution < 1.29 is 19.4 Å². The van der Waals surface area contributed by atoms with E-state index in [4.69, 9.17) is 37.8 Å². The molecule has 24 heavy (non-hydrogen) atoms. The van der Waals surface area contributed by atoms with Crippen molar-refractivity contribution in [3.05, 3.63) is 51.5 Å². The molecule has 2 aromatic rings. The second kappa shape index (κ2) is 7.77. The molecule has 0 bridgehead atoms. The van der Waals surface area contributed by atoms with Crippen LogP contribution in [0.15, 0.2) is 30.3 Å². The normalized spacial score (nSPS) is 10.8. The molecule has 6 heteroatoms. The summed E-state index contributed by atoms with van der Waals surface area (Å²) in [5, 5.41) is 9.38. The van der Waals surface area contributed by atoms with E-state index < -0.39 is 5.97 Å². The fraction of sp³-hybridized carbons (Fsp3) is 0.278. The average molecular weight is 369 g/mol. The molecule has 0 amide bonds. The Balaban J connectivity index is 2.34. The summed E-state index contributed by atoms with van der Waals surface area (Å²) < 4.78 is 11.2. The minimum Gasteiger partial charge on any atom is -0.496 e. The molecule has 0 radical (unpaired) electrons. The first-order valence-electron chi connectivity index (χ1n) is 7.37. The van der Waals surface area contributed by atoms with Crippen molar-refractivity contribution in [3.63, 3.8) is 0 Å². The number of halogens is 2. The van der Waals surface area contributed by atoms with Crippen molar-refractivity contribution in [1.29, 1.82) is 0 Å². The van der Waals surface area contributed by atoms with Gasteiger partial charge in [-0.1, -0.05) is 37.0 Å². The van der Waals surface area contributed by atoms with E-state index in [0.29, 0.717) is 17.1 Å². The van der Waals surface area contributed by atoms with Crippen LogP contribution in [0.25, 0.3) is 0 Å². The Labute approximate surface area is 150 Å². The van der Waals surface area contributed by atoms with E-state index in [0.717, 1.165) is 11.3 Å². The largest absolute Gasteiger partial charge is 0.496 e.